The van der Waals surface area contributed by atoms with Gasteiger partial charge in [-0.1, -0.05) is 12.1 Å². The van der Waals surface area contributed by atoms with Gasteiger partial charge >= 0.3 is 0 Å². The molecule has 5 nitrogen and oxygen atoms in total. The number of aromatic nitrogens is 2. The minimum Gasteiger partial charge on any atom is -0.497 e. The Labute approximate surface area is 150 Å². The van der Waals surface area contributed by atoms with Crippen LogP contribution in [0.1, 0.15) is 29.8 Å². The van der Waals surface area contributed by atoms with E-state index >= 15 is 0 Å². The fraction of sp³-hybridized carbons (Fsp3) is 0.368. The van der Waals surface area contributed by atoms with Crippen LogP contribution in [0.3, 0.4) is 0 Å². The van der Waals surface area contributed by atoms with Gasteiger partial charge in [0.25, 0.3) is 5.56 Å². The maximum Gasteiger partial charge on any atom is 0.259 e. The van der Waals surface area contributed by atoms with Gasteiger partial charge < -0.3 is 4.74 Å². The topological polar surface area (TPSA) is 46.8 Å². The van der Waals surface area contributed by atoms with Gasteiger partial charge in [0.15, 0.2) is 4.96 Å². The van der Waals surface area contributed by atoms with E-state index in [0.29, 0.717) is 12.6 Å². The summed E-state index contributed by atoms with van der Waals surface area (Å²) in [4.78, 5) is 20.3. The Balaban J connectivity index is 1.56. The van der Waals surface area contributed by atoms with Crippen LogP contribution < -0.4 is 10.3 Å². The zero-order chi connectivity index (χ0) is 17.4. The molecule has 0 saturated heterocycles. The monoisotopic (exact) mass is 355 g/mol. The molecule has 0 N–H and O–H groups in total. The number of aryl methyl sites for hydroxylation is 1. The molecule has 0 atom stereocenters. The molecule has 25 heavy (non-hydrogen) atoms. The van der Waals surface area contributed by atoms with Crippen molar-refractivity contribution < 1.29 is 4.74 Å². The van der Waals surface area contributed by atoms with E-state index in [-0.39, 0.29) is 5.56 Å². The molecule has 0 radical (unpaired) electrons. The van der Waals surface area contributed by atoms with Gasteiger partial charge in [-0.25, -0.2) is 4.98 Å². The summed E-state index contributed by atoms with van der Waals surface area (Å²) < 4.78 is 6.91. The molecule has 1 saturated carbocycles. The van der Waals surface area contributed by atoms with E-state index < -0.39 is 0 Å². The van der Waals surface area contributed by atoms with Gasteiger partial charge in [-0.3, -0.25) is 14.1 Å². The van der Waals surface area contributed by atoms with Crippen LogP contribution in [-0.2, 0) is 13.1 Å². The molecule has 130 valence electrons. The van der Waals surface area contributed by atoms with Crippen LogP contribution in [0.4, 0.5) is 0 Å². The lowest BCUT2D eigenvalue weighted by atomic mass is 10.2. The van der Waals surface area contributed by atoms with Crippen molar-refractivity contribution in [2.45, 2.75) is 38.9 Å². The van der Waals surface area contributed by atoms with E-state index in [0.717, 1.165) is 28.6 Å². The average molecular weight is 355 g/mol. The molecule has 0 amide bonds. The summed E-state index contributed by atoms with van der Waals surface area (Å²) in [5, 5.41) is 1.98. The maximum absolute atomic E-state index is 12.4. The van der Waals surface area contributed by atoms with Crippen LogP contribution in [0.15, 0.2) is 40.5 Å². The molecule has 0 bridgehead atoms. The highest BCUT2D eigenvalue weighted by atomic mass is 32.1. The summed E-state index contributed by atoms with van der Waals surface area (Å²) in [6.45, 7) is 3.50. The van der Waals surface area contributed by atoms with E-state index in [2.05, 4.69) is 17.0 Å². The Hall–Kier alpha value is -2.18. The lowest BCUT2D eigenvalue weighted by Gasteiger charge is -2.21. The van der Waals surface area contributed by atoms with Gasteiger partial charge in [-0.15, -0.1) is 11.3 Å². The molecule has 1 aliphatic rings. The van der Waals surface area contributed by atoms with Gasteiger partial charge in [0.1, 0.15) is 5.75 Å². The van der Waals surface area contributed by atoms with E-state index in [4.69, 9.17) is 9.72 Å². The average Bonchev–Trinajstić information content (AvgIpc) is 3.39. The highest BCUT2D eigenvalue weighted by Gasteiger charge is 2.29. The Kier molecular flexibility index (Phi) is 4.31. The van der Waals surface area contributed by atoms with E-state index in [1.165, 1.54) is 29.7 Å². The van der Waals surface area contributed by atoms with Crippen molar-refractivity contribution in [2.24, 2.45) is 0 Å². The van der Waals surface area contributed by atoms with Crippen LogP contribution in [0.5, 0.6) is 5.75 Å². The summed E-state index contributed by atoms with van der Waals surface area (Å²) in [5.41, 5.74) is 3.06. The number of rotatable bonds is 6. The molecule has 6 heteroatoms. The fourth-order valence-corrected chi connectivity index (χ4v) is 4.00. The fourth-order valence-electron chi connectivity index (χ4n) is 3.11. The zero-order valence-corrected chi connectivity index (χ0v) is 15.3. The molecule has 3 aromatic rings. The lowest BCUT2D eigenvalue weighted by molar-refractivity contribution is 0.242. The molecule has 0 unspecified atom stereocenters. The van der Waals surface area contributed by atoms with Crippen molar-refractivity contribution in [3.05, 3.63) is 63.0 Å². The van der Waals surface area contributed by atoms with Crippen LogP contribution in [0, 0.1) is 6.92 Å². The van der Waals surface area contributed by atoms with Crippen LogP contribution in [0.2, 0.25) is 0 Å². The molecular weight excluding hydrogens is 334 g/mol. The molecule has 1 aliphatic carbocycles. The first-order valence-corrected chi connectivity index (χ1v) is 9.36. The Morgan fingerprint density at radius 2 is 2.04 bits per heavy atom. The second kappa shape index (κ2) is 6.61. The van der Waals surface area contributed by atoms with E-state index in [1.807, 2.05) is 24.4 Å². The molecule has 1 fully saturated rings. The van der Waals surface area contributed by atoms with E-state index in [9.17, 15) is 4.79 Å². The maximum atomic E-state index is 12.4. The number of benzene rings is 1. The van der Waals surface area contributed by atoms with Crippen molar-refractivity contribution in [3.8, 4) is 5.75 Å². The highest BCUT2D eigenvalue weighted by molar-refractivity contribution is 7.15. The molecule has 0 aliphatic heterocycles. The molecule has 0 spiro atoms. The first-order valence-electron chi connectivity index (χ1n) is 8.48. The second-order valence-corrected chi connectivity index (χ2v) is 7.40. The number of nitrogens with zero attached hydrogens (tertiary/aromatic N) is 3. The van der Waals surface area contributed by atoms with Gasteiger partial charge in [-0.2, -0.15) is 0 Å². The van der Waals surface area contributed by atoms with Gasteiger partial charge in [-0.05, 0) is 37.5 Å². The summed E-state index contributed by atoms with van der Waals surface area (Å²) in [7, 11) is 1.68. The summed E-state index contributed by atoms with van der Waals surface area (Å²) in [5.74, 6) is 0.870. The third kappa shape index (κ3) is 3.45. The van der Waals surface area contributed by atoms with Crippen molar-refractivity contribution in [1.82, 2.24) is 14.3 Å². The minimum absolute atomic E-state index is 0.0129. The number of thiazole rings is 1. The molecule has 4 rings (SSSR count). The third-order valence-corrected chi connectivity index (χ3v) is 5.55. The number of ether oxygens (including phenoxy) is 1. The summed E-state index contributed by atoms with van der Waals surface area (Å²) in [6.07, 6.45) is 2.44. The lowest BCUT2D eigenvalue weighted by Crippen LogP contribution is -2.27. The number of fused-ring (bicyclic) bond motifs is 1. The number of hydrogen-bond donors (Lipinski definition) is 0. The molecular formula is C19H21N3O2S. The predicted molar refractivity (Wildman–Crippen MR) is 99.3 cm³/mol. The minimum atomic E-state index is 0.0129. The molecule has 2 heterocycles. The summed E-state index contributed by atoms with van der Waals surface area (Å²) in [6, 6.07) is 10.4. The first kappa shape index (κ1) is 16.3. The largest absolute Gasteiger partial charge is 0.497 e. The molecule has 1 aromatic carbocycles. The number of methoxy groups -OCH3 is 1. The Morgan fingerprint density at radius 3 is 2.72 bits per heavy atom. The summed E-state index contributed by atoms with van der Waals surface area (Å²) >= 11 is 1.52. The Morgan fingerprint density at radius 1 is 1.28 bits per heavy atom. The smallest absolute Gasteiger partial charge is 0.259 e. The van der Waals surface area contributed by atoms with Crippen LogP contribution in [0.25, 0.3) is 4.96 Å². The standard InChI is InChI=1S/C19H21N3O2S/c1-13-12-25-19-20-15(9-18(23)22(13)19)11-21(16-5-6-16)10-14-3-7-17(24-2)8-4-14/h3-4,7-9,12,16H,5-6,10-11H2,1-2H3. The molecule has 2 aromatic heterocycles. The first-order chi connectivity index (χ1) is 12.1. The quantitative estimate of drug-likeness (QED) is 0.681. The van der Waals surface area contributed by atoms with Crippen molar-refractivity contribution >= 4 is 16.3 Å². The van der Waals surface area contributed by atoms with Gasteiger partial charge in [0.2, 0.25) is 0 Å². The van der Waals surface area contributed by atoms with Crippen molar-refractivity contribution in [2.75, 3.05) is 7.11 Å². The highest BCUT2D eigenvalue weighted by Crippen LogP contribution is 2.30. The van der Waals surface area contributed by atoms with Crippen LogP contribution in [-0.4, -0.2) is 27.4 Å². The second-order valence-electron chi connectivity index (χ2n) is 6.57. The number of hydrogen-bond acceptors (Lipinski definition) is 5. The Bertz CT molecular complexity index is 941. The van der Waals surface area contributed by atoms with E-state index in [1.54, 1.807) is 17.6 Å². The van der Waals surface area contributed by atoms with Gasteiger partial charge in [0, 0.05) is 36.3 Å². The third-order valence-electron chi connectivity index (χ3n) is 4.60. The van der Waals surface area contributed by atoms with Crippen LogP contribution >= 0.6 is 11.3 Å². The normalized spacial score (nSPS) is 14.4. The zero-order valence-electron chi connectivity index (χ0n) is 14.4. The van der Waals surface area contributed by atoms with Crippen molar-refractivity contribution in [3.63, 3.8) is 0 Å². The predicted octanol–water partition coefficient (Wildman–Crippen LogP) is 3.24. The SMILES string of the molecule is COc1ccc(CN(Cc2cc(=O)n3c(C)csc3n2)C2CC2)cc1. The van der Waals surface area contributed by atoms with Crippen molar-refractivity contribution in [1.29, 1.82) is 0 Å². The van der Waals surface area contributed by atoms with Gasteiger partial charge in [0.05, 0.1) is 12.8 Å².